The number of rotatable bonds is 2. The molecule has 0 unspecified atom stereocenters. The molecule has 0 atom stereocenters. The number of carboxylic acid groups (broad SMARTS) is 1. The van der Waals surface area contributed by atoms with Crippen LogP contribution in [-0.2, 0) is 0 Å². The van der Waals surface area contributed by atoms with Crippen molar-refractivity contribution in [2.24, 2.45) is 0 Å². The minimum atomic E-state index is -1.17. The van der Waals surface area contributed by atoms with Gasteiger partial charge in [0.25, 0.3) is 0 Å². The van der Waals surface area contributed by atoms with Crippen LogP contribution < -0.4 is 61.2 Å². The largest absolute Gasteiger partial charge is 1.00 e. The van der Waals surface area contributed by atoms with Crippen molar-refractivity contribution >= 4 is 5.97 Å². The maximum Gasteiger partial charge on any atom is 1.00 e. The van der Waals surface area contributed by atoms with Gasteiger partial charge in [-0.1, -0.05) is 0 Å². The summed E-state index contributed by atoms with van der Waals surface area (Å²) >= 11 is 0. The minimum absolute atomic E-state index is 0. The third kappa shape index (κ3) is 3.24. The molecule has 0 N–H and O–H groups in total. The number of carboxylic acids is 1. The Morgan fingerprint density at radius 3 is 2.17 bits per heavy atom. The van der Waals surface area contributed by atoms with Gasteiger partial charge in [-0.25, -0.2) is 0 Å². The van der Waals surface area contributed by atoms with E-state index < -0.39 is 5.97 Å². The average molecular weight is 190 g/mol. The zero-order valence-corrected chi connectivity index (χ0v) is 10.2. The van der Waals surface area contributed by atoms with Gasteiger partial charge in [0.2, 0.25) is 0 Å². The Labute approximate surface area is 113 Å². The van der Waals surface area contributed by atoms with Crippen LogP contribution in [0.5, 0.6) is 5.75 Å². The van der Waals surface area contributed by atoms with E-state index in [0.29, 0.717) is 5.75 Å². The molecule has 58 valence electrons. The molecule has 4 heteroatoms. The Bertz CT molecular complexity index is 256. The van der Waals surface area contributed by atoms with Crippen LogP contribution in [0.15, 0.2) is 24.3 Å². The molecule has 1 aromatic rings. The molecule has 1 aromatic carbocycles. The van der Waals surface area contributed by atoms with Crippen LogP contribution in [0.4, 0.5) is 0 Å². The van der Waals surface area contributed by atoms with E-state index in [1.165, 1.54) is 19.2 Å². The van der Waals surface area contributed by atoms with Gasteiger partial charge in [0.05, 0.1) is 13.1 Å². The average Bonchev–Trinajstić information content (AvgIpc) is 2.05. The summed E-state index contributed by atoms with van der Waals surface area (Å²) in [5.74, 6) is -0.539. The molecule has 3 nitrogen and oxygen atoms in total. The van der Waals surface area contributed by atoms with E-state index in [9.17, 15) is 9.90 Å². The van der Waals surface area contributed by atoms with Crippen LogP contribution in [0.25, 0.3) is 0 Å². The first-order valence-corrected chi connectivity index (χ1v) is 3.09. The van der Waals surface area contributed by atoms with Crippen molar-refractivity contribution in [3.63, 3.8) is 0 Å². The van der Waals surface area contributed by atoms with Crippen LogP contribution >= 0.6 is 0 Å². The van der Waals surface area contributed by atoms with Crippen molar-refractivity contribution in [2.45, 2.75) is 0 Å². The van der Waals surface area contributed by atoms with E-state index in [1.807, 2.05) is 0 Å². The molecule has 0 aliphatic rings. The smallest absolute Gasteiger partial charge is 0.545 e. The molecule has 0 aliphatic heterocycles. The van der Waals surface area contributed by atoms with Crippen LogP contribution in [0, 0.1) is 0 Å². The Hall–Kier alpha value is 0.126. The number of hydrogen-bond donors (Lipinski definition) is 0. The van der Waals surface area contributed by atoms with Gasteiger partial charge >= 0.3 is 51.4 Å². The fraction of sp³-hybridized carbons (Fsp3) is 0.125. The third-order valence-corrected chi connectivity index (χ3v) is 1.33. The fourth-order valence-corrected chi connectivity index (χ4v) is 0.727. The van der Waals surface area contributed by atoms with Gasteiger partial charge in [0, 0.05) is 0 Å². The number of benzene rings is 1. The predicted molar refractivity (Wildman–Crippen MR) is 37.3 cm³/mol. The van der Waals surface area contributed by atoms with Gasteiger partial charge in [-0.3, -0.25) is 0 Å². The Morgan fingerprint density at radius 1 is 1.33 bits per heavy atom. The SMILES string of the molecule is COc1ccc(C(=O)[O-])cc1.[K+]. The van der Waals surface area contributed by atoms with Crippen molar-refractivity contribution in [3.8, 4) is 5.75 Å². The summed E-state index contributed by atoms with van der Waals surface area (Å²) in [4.78, 5) is 10.2. The topological polar surface area (TPSA) is 49.4 Å². The molecular weight excluding hydrogens is 183 g/mol. The van der Waals surface area contributed by atoms with Crippen LogP contribution in [0.2, 0.25) is 0 Å². The second kappa shape index (κ2) is 5.72. The van der Waals surface area contributed by atoms with E-state index in [-0.39, 0.29) is 56.9 Å². The van der Waals surface area contributed by atoms with Crippen LogP contribution in [-0.4, -0.2) is 13.1 Å². The van der Waals surface area contributed by atoms with Crippen LogP contribution in [0.1, 0.15) is 10.4 Å². The molecule has 12 heavy (non-hydrogen) atoms. The molecule has 0 fully saturated rings. The molecular formula is C8H7KO3. The summed E-state index contributed by atoms with van der Waals surface area (Å²) in [5.41, 5.74) is 0.158. The normalized spacial score (nSPS) is 8.42. The van der Waals surface area contributed by atoms with Crippen molar-refractivity contribution in [1.29, 1.82) is 0 Å². The number of methoxy groups -OCH3 is 1. The van der Waals surface area contributed by atoms with Gasteiger partial charge < -0.3 is 14.6 Å². The van der Waals surface area contributed by atoms with E-state index in [1.54, 1.807) is 12.1 Å². The molecule has 0 aromatic heterocycles. The summed E-state index contributed by atoms with van der Waals surface area (Å²) in [6.07, 6.45) is 0. The molecule has 0 spiro atoms. The predicted octanol–water partition coefficient (Wildman–Crippen LogP) is -2.94. The van der Waals surface area contributed by atoms with Crippen molar-refractivity contribution in [1.82, 2.24) is 0 Å². The van der Waals surface area contributed by atoms with Crippen LogP contribution in [0.3, 0.4) is 0 Å². The van der Waals surface area contributed by atoms with Crippen molar-refractivity contribution < 1.29 is 66.0 Å². The third-order valence-electron chi connectivity index (χ3n) is 1.33. The zero-order chi connectivity index (χ0) is 8.27. The van der Waals surface area contributed by atoms with Crippen molar-refractivity contribution in [2.75, 3.05) is 7.11 Å². The molecule has 0 amide bonds. The molecule has 0 saturated carbocycles. The minimum Gasteiger partial charge on any atom is -0.545 e. The molecule has 0 saturated heterocycles. The standard InChI is InChI=1S/C8H8O3.K/c1-11-7-4-2-6(3-5-7)8(9)10;/h2-5H,1H3,(H,9,10);/q;+1/p-1. The van der Waals surface area contributed by atoms with E-state index in [4.69, 9.17) is 4.74 Å². The van der Waals surface area contributed by atoms with Gasteiger partial charge in [0.15, 0.2) is 0 Å². The zero-order valence-electron chi connectivity index (χ0n) is 7.03. The summed E-state index contributed by atoms with van der Waals surface area (Å²) in [6, 6.07) is 6.03. The monoisotopic (exact) mass is 190 g/mol. The van der Waals surface area contributed by atoms with Crippen molar-refractivity contribution in [3.05, 3.63) is 29.8 Å². The number of aromatic carboxylic acids is 1. The summed E-state index contributed by atoms with van der Waals surface area (Å²) in [5, 5.41) is 10.2. The first-order valence-electron chi connectivity index (χ1n) is 3.09. The molecule has 1 rings (SSSR count). The van der Waals surface area contributed by atoms with Gasteiger partial charge in [-0.15, -0.1) is 0 Å². The fourth-order valence-electron chi connectivity index (χ4n) is 0.727. The number of hydrogen-bond acceptors (Lipinski definition) is 3. The van der Waals surface area contributed by atoms with E-state index in [0.717, 1.165) is 0 Å². The molecule has 0 heterocycles. The van der Waals surface area contributed by atoms with Gasteiger partial charge in [-0.2, -0.15) is 0 Å². The summed E-state index contributed by atoms with van der Waals surface area (Å²) < 4.78 is 4.84. The second-order valence-corrected chi connectivity index (χ2v) is 2.02. The van der Waals surface area contributed by atoms with E-state index in [2.05, 4.69) is 0 Å². The Morgan fingerprint density at radius 2 is 1.83 bits per heavy atom. The first kappa shape index (κ1) is 12.1. The first-order chi connectivity index (χ1) is 5.24. The van der Waals surface area contributed by atoms with Gasteiger partial charge in [0.1, 0.15) is 5.75 Å². The van der Waals surface area contributed by atoms with Gasteiger partial charge in [-0.05, 0) is 29.8 Å². The maximum atomic E-state index is 10.2. The quantitative estimate of drug-likeness (QED) is 0.469. The van der Waals surface area contributed by atoms with E-state index >= 15 is 0 Å². The Balaban J connectivity index is 0.00000121. The maximum absolute atomic E-state index is 10.2. The Kier molecular flexibility index (Phi) is 5.78. The number of carbonyl (C=O) groups is 1. The molecule has 0 radical (unpaired) electrons. The number of ether oxygens (including phenoxy) is 1. The molecule has 0 bridgehead atoms. The second-order valence-electron chi connectivity index (χ2n) is 2.02. The molecule has 0 aliphatic carbocycles. The summed E-state index contributed by atoms with van der Waals surface area (Å²) in [6.45, 7) is 0. The number of carbonyl (C=O) groups excluding carboxylic acids is 1. The summed E-state index contributed by atoms with van der Waals surface area (Å²) in [7, 11) is 1.52.